The SMILES string of the molecule is COc1cc(OC)c(-c2cn3ccc(N4CCC(CN)CC4)cc3n2)cc1Cl.Cl. The van der Waals surface area contributed by atoms with Gasteiger partial charge in [0.25, 0.3) is 0 Å². The van der Waals surface area contributed by atoms with E-state index in [1.807, 2.05) is 22.9 Å². The van der Waals surface area contributed by atoms with Crippen LogP contribution < -0.4 is 20.1 Å². The highest BCUT2D eigenvalue weighted by Crippen LogP contribution is 2.38. The highest BCUT2D eigenvalue weighted by atomic mass is 35.5. The van der Waals surface area contributed by atoms with E-state index in [0.717, 1.165) is 49.4 Å². The Kier molecular flexibility index (Phi) is 6.77. The summed E-state index contributed by atoms with van der Waals surface area (Å²) >= 11 is 6.33. The molecule has 0 aliphatic carbocycles. The Morgan fingerprint density at radius 3 is 2.52 bits per heavy atom. The van der Waals surface area contributed by atoms with E-state index in [1.165, 1.54) is 5.69 Å². The number of piperidine rings is 1. The predicted molar refractivity (Wildman–Crippen MR) is 120 cm³/mol. The third-order valence-corrected chi connectivity index (χ3v) is 5.80. The van der Waals surface area contributed by atoms with E-state index >= 15 is 0 Å². The topological polar surface area (TPSA) is 65.0 Å². The fourth-order valence-electron chi connectivity index (χ4n) is 3.78. The molecule has 4 rings (SSSR count). The number of imidazole rings is 1. The molecule has 1 aromatic carbocycles. The van der Waals surface area contributed by atoms with Crippen LogP contribution in [0, 0.1) is 5.92 Å². The van der Waals surface area contributed by atoms with Crippen molar-refractivity contribution >= 4 is 35.3 Å². The van der Waals surface area contributed by atoms with Crippen molar-refractivity contribution in [3.05, 3.63) is 41.7 Å². The monoisotopic (exact) mass is 436 g/mol. The first-order valence-corrected chi connectivity index (χ1v) is 9.86. The number of fused-ring (bicyclic) bond motifs is 1. The lowest BCUT2D eigenvalue weighted by Gasteiger charge is -2.33. The van der Waals surface area contributed by atoms with E-state index in [1.54, 1.807) is 20.3 Å². The molecule has 2 N–H and O–H groups in total. The van der Waals surface area contributed by atoms with E-state index in [0.29, 0.717) is 22.4 Å². The quantitative estimate of drug-likeness (QED) is 0.646. The van der Waals surface area contributed by atoms with Crippen LogP contribution in [-0.4, -0.2) is 43.2 Å². The van der Waals surface area contributed by atoms with Crippen molar-refractivity contribution in [3.63, 3.8) is 0 Å². The fraction of sp³-hybridized carbons (Fsp3) is 0.381. The third kappa shape index (κ3) is 4.25. The number of ether oxygens (including phenoxy) is 2. The predicted octanol–water partition coefficient (Wildman–Crippen LogP) is 4.27. The fourth-order valence-corrected chi connectivity index (χ4v) is 4.03. The van der Waals surface area contributed by atoms with Gasteiger partial charge in [0.15, 0.2) is 0 Å². The zero-order valence-corrected chi connectivity index (χ0v) is 18.2. The molecule has 0 bridgehead atoms. The second kappa shape index (κ2) is 9.11. The van der Waals surface area contributed by atoms with E-state index in [4.69, 9.17) is 31.8 Å². The Balaban J connectivity index is 0.00000240. The standard InChI is InChI=1S/C21H25ClN4O2.ClH/c1-27-19-11-20(28-2)17(22)10-16(19)18-13-26-8-5-15(9-21(26)24-18)25-6-3-14(12-23)4-7-25;/h5,8-11,13-14H,3-4,6-7,12,23H2,1-2H3;1H. The minimum Gasteiger partial charge on any atom is -0.496 e. The molecule has 0 atom stereocenters. The lowest BCUT2D eigenvalue weighted by atomic mass is 9.97. The van der Waals surface area contributed by atoms with Crippen molar-refractivity contribution in [2.75, 3.05) is 38.8 Å². The molecule has 3 aromatic rings. The first-order chi connectivity index (χ1) is 13.6. The Hall–Kier alpha value is -2.15. The van der Waals surface area contributed by atoms with Gasteiger partial charge >= 0.3 is 0 Å². The molecule has 2 aromatic heterocycles. The molecule has 0 amide bonds. The molecular formula is C21H26Cl2N4O2. The molecule has 0 radical (unpaired) electrons. The Morgan fingerprint density at radius 1 is 1.14 bits per heavy atom. The molecule has 29 heavy (non-hydrogen) atoms. The Morgan fingerprint density at radius 2 is 1.86 bits per heavy atom. The number of nitrogens with two attached hydrogens (primary N) is 1. The van der Waals surface area contributed by atoms with E-state index < -0.39 is 0 Å². The number of rotatable bonds is 5. The van der Waals surface area contributed by atoms with Crippen molar-refractivity contribution in [1.29, 1.82) is 0 Å². The second-order valence-corrected chi connectivity index (χ2v) is 7.54. The highest BCUT2D eigenvalue weighted by Gasteiger charge is 2.19. The molecule has 1 saturated heterocycles. The lowest BCUT2D eigenvalue weighted by Crippen LogP contribution is -2.36. The first-order valence-electron chi connectivity index (χ1n) is 9.48. The van der Waals surface area contributed by atoms with E-state index in [9.17, 15) is 0 Å². The van der Waals surface area contributed by atoms with Crippen LogP contribution in [0.5, 0.6) is 11.5 Å². The molecular weight excluding hydrogens is 411 g/mol. The number of hydrogen-bond acceptors (Lipinski definition) is 5. The first kappa shape index (κ1) is 21.6. The van der Waals surface area contributed by atoms with Crippen LogP contribution in [0.1, 0.15) is 12.8 Å². The summed E-state index contributed by atoms with van der Waals surface area (Å²) in [6.07, 6.45) is 6.32. The number of benzene rings is 1. The van der Waals surface area contributed by atoms with Gasteiger partial charge in [-0.15, -0.1) is 12.4 Å². The summed E-state index contributed by atoms with van der Waals surface area (Å²) in [6.45, 7) is 2.85. The number of halogens is 2. The molecule has 8 heteroatoms. The van der Waals surface area contributed by atoms with Crippen LogP contribution in [-0.2, 0) is 0 Å². The number of nitrogens with zero attached hydrogens (tertiary/aromatic N) is 3. The van der Waals surface area contributed by atoms with Gasteiger partial charge in [-0.2, -0.15) is 0 Å². The Labute approximate surface area is 182 Å². The van der Waals surface area contributed by atoms with Gasteiger partial charge in [0.05, 0.1) is 24.9 Å². The molecule has 3 heterocycles. The van der Waals surface area contributed by atoms with Crippen LogP contribution >= 0.6 is 24.0 Å². The van der Waals surface area contributed by atoms with E-state index in [2.05, 4.69) is 17.0 Å². The molecule has 0 spiro atoms. The van der Waals surface area contributed by atoms with Crippen LogP contribution in [0.15, 0.2) is 36.7 Å². The summed E-state index contributed by atoms with van der Waals surface area (Å²) in [5.74, 6) is 1.90. The van der Waals surface area contributed by atoms with Gasteiger partial charge in [0.2, 0.25) is 0 Å². The maximum absolute atomic E-state index is 6.33. The molecule has 156 valence electrons. The van der Waals surface area contributed by atoms with Gasteiger partial charge in [0.1, 0.15) is 17.1 Å². The summed E-state index contributed by atoms with van der Waals surface area (Å²) in [6, 6.07) is 7.89. The van der Waals surface area contributed by atoms with Gasteiger partial charge < -0.3 is 24.5 Å². The summed E-state index contributed by atoms with van der Waals surface area (Å²) in [7, 11) is 3.22. The van der Waals surface area contributed by atoms with Crippen molar-refractivity contribution < 1.29 is 9.47 Å². The molecule has 1 fully saturated rings. The van der Waals surface area contributed by atoms with Crippen molar-refractivity contribution in [1.82, 2.24) is 9.38 Å². The van der Waals surface area contributed by atoms with Gasteiger partial charge in [-0.05, 0) is 37.4 Å². The molecule has 0 saturated carbocycles. The number of anilines is 1. The van der Waals surface area contributed by atoms with Crippen LogP contribution in [0.4, 0.5) is 5.69 Å². The highest BCUT2D eigenvalue weighted by molar-refractivity contribution is 6.32. The van der Waals surface area contributed by atoms with Crippen LogP contribution in [0.3, 0.4) is 0 Å². The largest absolute Gasteiger partial charge is 0.496 e. The van der Waals surface area contributed by atoms with Crippen molar-refractivity contribution in [2.45, 2.75) is 12.8 Å². The number of methoxy groups -OCH3 is 2. The maximum Gasteiger partial charge on any atom is 0.141 e. The minimum absolute atomic E-state index is 0. The van der Waals surface area contributed by atoms with E-state index in [-0.39, 0.29) is 12.4 Å². The third-order valence-electron chi connectivity index (χ3n) is 5.51. The second-order valence-electron chi connectivity index (χ2n) is 7.13. The average Bonchev–Trinajstić information content (AvgIpc) is 3.16. The molecule has 6 nitrogen and oxygen atoms in total. The van der Waals surface area contributed by atoms with Gasteiger partial charge in [-0.3, -0.25) is 0 Å². The zero-order valence-electron chi connectivity index (χ0n) is 16.6. The van der Waals surface area contributed by atoms with Crippen molar-refractivity contribution in [2.24, 2.45) is 11.7 Å². The zero-order chi connectivity index (χ0) is 19.7. The number of aromatic nitrogens is 2. The lowest BCUT2D eigenvalue weighted by molar-refractivity contribution is 0.395. The van der Waals surface area contributed by atoms with Gasteiger partial charge in [-0.25, -0.2) is 4.98 Å². The maximum atomic E-state index is 6.33. The summed E-state index contributed by atoms with van der Waals surface area (Å²) < 4.78 is 12.8. The smallest absolute Gasteiger partial charge is 0.141 e. The Bertz CT molecular complexity index is 984. The molecule has 1 aliphatic rings. The van der Waals surface area contributed by atoms with Gasteiger partial charge in [0, 0.05) is 48.9 Å². The molecule has 0 unspecified atom stereocenters. The number of hydrogen-bond donors (Lipinski definition) is 1. The molecule has 1 aliphatic heterocycles. The van der Waals surface area contributed by atoms with Crippen LogP contribution in [0.25, 0.3) is 16.9 Å². The van der Waals surface area contributed by atoms with Gasteiger partial charge in [-0.1, -0.05) is 11.6 Å². The summed E-state index contributed by atoms with van der Waals surface area (Å²) in [5.41, 5.74) is 9.54. The minimum atomic E-state index is 0. The normalized spacial score (nSPS) is 14.7. The van der Waals surface area contributed by atoms with Crippen LogP contribution in [0.2, 0.25) is 5.02 Å². The van der Waals surface area contributed by atoms with Crippen molar-refractivity contribution in [3.8, 4) is 22.8 Å². The average molecular weight is 437 g/mol. The summed E-state index contributed by atoms with van der Waals surface area (Å²) in [4.78, 5) is 7.22. The number of pyridine rings is 1. The summed E-state index contributed by atoms with van der Waals surface area (Å²) in [5, 5.41) is 0.527.